The molecule has 4 heteroatoms. The third-order valence-corrected chi connectivity index (χ3v) is 1.65. The molecule has 80 valence electrons. The lowest BCUT2D eigenvalue weighted by Crippen LogP contribution is -2.01. The molecule has 0 unspecified atom stereocenters. The summed E-state index contributed by atoms with van der Waals surface area (Å²) in [7, 11) is 0. The van der Waals surface area contributed by atoms with Crippen LogP contribution in [0.15, 0.2) is 35.9 Å². The Morgan fingerprint density at radius 2 is 2.07 bits per heavy atom. The van der Waals surface area contributed by atoms with Crippen LogP contribution in [0.2, 0.25) is 0 Å². The number of rotatable bonds is 4. The monoisotopic (exact) mass is 210 g/mol. The molecule has 0 spiro atoms. The quantitative estimate of drug-likeness (QED) is 0.775. The van der Waals surface area contributed by atoms with E-state index in [4.69, 9.17) is 9.84 Å². The molecule has 1 rings (SSSR count). The Morgan fingerprint density at radius 3 is 2.60 bits per heavy atom. The van der Waals surface area contributed by atoms with Crippen LogP contribution in [0.5, 0.6) is 5.75 Å². The molecule has 1 aromatic carbocycles. The fraction of sp³-hybridized carbons (Fsp3) is 0.182. The van der Waals surface area contributed by atoms with Gasteiger partial charge in [0.05, 0.1) is 0 Å². The van der Waals surface area contributed by atoms with Crippen LogP contribution in [0, 0.1) is 5.82 Å². The smallest absolute Gasteiger partial charge is 0.328 e. The summed E-state index contributed by atoms with van der Waals surface area (Å²) < 4.78 is 17.7. The molecule has 0 aromatic heterocycles. The van der Waals surface area contributed by atoms with Crippen LogP contribution in [-0.4, -0.2) is 17.7 Å². The lowest BCUT2D eigenvalue weighted by molar-refractivity contribution is -0.131. The maximum absolute atomic E-state index is 12.5. The molecule has 0 heterocycles. The predicted octanol–water partition coefficient (Wildman–Crippen LogP) is 2.24. The van der Waals surface area contributed by atoms with Crippen molar-refractivity contribution in [3.05, 3.63) is 41.7 Å². The van der Waals surface area contributed by atoms with Gasteiger partial charge in [0, 0.05) is 6.08 Å². The lowest BCUT2D eigenvalue weighted by atomic mass is 10.3. The van der Waals surface area contributed by atoms with E-state index in [0.717, 1.165) is 6.08 Å². The van der Waals surface area contributed by atoms with Gasteiger partial charge < -0.3 is 9.84 Å². The number of aliphatic carboxylic acids is 1. The van der Waals surface area contributed by atoms with E-state index in [0.29, 0.717) is 11.3 Å². The van der Waals surface area contributed by atoms with Crippen molar-refractivity contribution < 1.29 is 19.0 Å². The maximum Gasteiger partial charge on any atom is 0.328 e. The van der Waals surface area contributed by atoms with E-state index in [9.17, 15) is 9.18 Å². The highest BCUT2D eigenvalue weighted by molar-refractivity contribution is 5.80. The number of ether oxygens (including phenoxy) is 1. The molecule has 0 bridgehead atoms. The zero-order valence-electron chi connectivity index (χ0n) is 8.24. The van der Waals surface area contributed by atoms with Crippen molar-refractivity contribution in [1.82, 2.24) is 0 Å². The minimum absolute atomic E-state index is 0.179. The van der Waals surface area contributed by atoms with Crippen LogP contribution in [-0.2, 0) is 4.79 Å². The number of hydrogen-bond acceptors (Lipinski definition) is 2. The van der Waals surface area contributed by atoms with E-state index in [1.807, 2.05) is 0 Å². The van der Waals surface area contributed by atoms with Crippen LogP contribution < -0.4 is 4.74 Å². The summed E-state index contributed by atoms with van der Waals surface area (Å²) >= 11 is 0. The summed E-state index contributed by atoms with van der Waals surface area (Å²) in [6, 6.07) is 5.55. The molecular weight excluding hydrogens is 199 g/mol. The Hall–Kier alpha value is -1.84. The van der Waals surface area contributed by atoms with E-state index in [2.05, 4.69) is 0 Å². The molecule has 0 aliphatic heterocycles. The van der Waals surface area contributed by atoms with Gasteiger partial charge in [-0.15, -0.1) is 0 Å². The van der Waals surface area contributed by atoms with Crippen molar-refractivity contribution in [2.24, 2.45) is 0 Å². The number of halogens is 1. The SMILES string of the molecule is C/C(=C\C(=O)O)COc1ccc(F)cc1. The number of carboxylic acid groups (broad SMARTS) is 1. The number of hydrogen-bond donors (Lipinski definition) is 1. The number of carboxylic acids is 1. The van der Waals surface area contributed by atoms with Gasteiger partial charge in [0.15, 0.2) is 0 Å². The molecule has 0 atom stereocenters. The first-order valence-electron chi connectivity index (χ1n) is 4.36. The standard InChI is InChI=1S/C11H11FO3/c1-8(6-11(13)14)7-15-10-4-2-9(12)3-5-10/h2-6H,7H2,1H3,(H,13,14)/b8-6+. The highest BCUT2D eigenvalue weighted by Gasteiger charge is 1.97. The second kappa shape index (κ2) is 5.14. The fourth-order valence-corrected chi connectivity index (χ4v) is 0.980. The zero-order chi connectivity index (χ0) is 11.3. The third kappa shape index (κ3) is 4.26. The average molecular weight is 210 g/mol. The van der Waals surface area contributed by atoms with Gasteiger partial charge in [-0.05, 0) is 36.8 Å². The Balaban J connectivity index is 2.50. The normalized spacial score (nSPS) is 11.2. The van der Waals surface area contributed by atoms with Crippen molar-refractivity contribution in [2.45, 2.75) is 6.92 Å². The third-order valence-electron chi connectivity index (χ3n) is 1.65. The molecule has 15 heavy (non-hydrogen) atoms. The highest BCUT2D eigenvalue weighted by Crippen LogP contribution is 2.11. The Bertz CT molecular complexity index is 368. The first-order valence-corrected chi connectivity index (χ1v) is 4.36. The topological polar surface area (TPSA) is 46.5 Å². The predicted molar refractivity (Wildman–Crippen MR) is 53.3 cm³/mol. The number of carbonyl (C=O) groups is 1. The van der Waals surface area contributed by atoms with E-state index in [1.54, 1.807) is 6.92 Å². The van der Waals surface area contributed by atoms with Crippen LogP contribution >= 0.6 is 0 Å². The molecule has 0 aliphatic carbocycles. The molecule has 0 saturated carbocycles. The Morgan fingerprint density at radius 1 is 1.47 bits per heavy atom. The van der Waals surface area contributed by atoms with Gasteiger partial charge in [-0.25, -0.2) is 9.18 Å². The summed E-state index contributed by atoms with van der Waals surface area (Å²) in [5.41, 5.74) is 0.590. The summed E-state index contributed by atoms with van der Waals surface area (Å²) in [6.45, 7) is 1.83. The second-order valence-electron chi connectivity index (χ2n) is 3.07. The number of benzene rings is 1. The van der Waals surface area contributed by atoms with Crippen LogP contribution in [0.25, 0.3) is 0 Å². The summed E-state index contributed by atoms with van der Waals surface area (Å²) in [5, 5.41) is 8.44. The van der Waals surface area contributed by atoms with Crippen LogP contribution in [0.3, 0.4) is 0 Å². The first-order chi connectivity index (χ1) is 7.08. The molecule has 1 N–H and O–H groups in total. The van der Waals surface area contributed by atoms with E-state index >= 15 is 0 Å². The van der Waals surface area contributed by atoms with Gasteiger partial charge in [0.1, 0.15) is 18.2 Å². The van der Waals surface area contributed by atoms with Gasteiger partial charge in [0.2, 0.25) is 0 Å². The van der Waals surface area contributed by atoms with E-state index in [-0.39, 0.29) is 12.4 Å². The van der Waals surface area contributed by atoms with E-state index < -0.39 is 5.97 Å². The molecular formula is C11H11FO3. The molecule has 0 aliphatic rings. The van der Waals surface area contributed by atoms with Crippen molar-refractivity contribution in [2.75, 3.05) is 6.61 Å². The summed E-state index contributed by atoms with van der Waals surface area (Å²) in [6.07, 6.45) is 1.07. The molecule has 1 aromatic rings. The average Bonchev–Trinajstić information content (AvgIpc) is 2.16. The van der Waals surface area contributed by atoms with Crippen LogP contribution in [0.1, 0.15) is 6.92 Å². The van der Waals surface area contributed by atoms with Crippen molar-refractivity contribution in [1.29, 1.82) is 0 Å². The molecule has 0 saturated heterocycles. The summed E-state index contributed by atoms with van der Waals surface area (Å²) in [5.74, 6) is -0.829. The van der Waals surface area contributed by atoms with Crippen molar-refractivity contribution in [3.8, 4) is 5.75 Å². The zero-order valence-corrected chi connectivity index (χ0v) is 8.24. The minimum Gasteiger partial charge on any atom is -0.489 e. The van der Waals surface area contributed by atoms with Gasteiger partial charge in [-0.1, -0.05) is 0 Å². The van der Waals surface area contributed by atoms with Gasteiger partial charge in [-0.2, -0.15) is 0 Å². The largest absolute Gasteiger partial charge is 0.489 e. The van der Waals surface area contributed by atoms with Gasteiger partial charge >= 0.3 is 5.97 Å². The van der Waals surface area contributed by atoms with Gasteiger partial charge in [0.25, 0.3) is 0 Å². The second-order valence-corrected chi connectivity index (χ2v) is 3.07. The van der Waals surface area contributed by atoms with Gasteiger partial charge in [-0.3, -0.25) is 0 Å². The minimum atomic E-state index is -1.00. The fourth-order valence-electron chi connectivity index (χ4n) is 0.980. The molecule has 0 radical (unpaired) electrons. The first kappa shape index (κ1) is 11.2. The highest BCUT2D eigenvalue weighted by atomic mass is 19.1. The van der Waals surface area contributed by atoms with Crippen molar-refractivity contribution >= 4 is 5.97 Å². The lowest BCUT2D eigenvalue weighted by Gasteiger charge is -2.05. The Kier molecular flexibility index (Phi) is 3.85. The summed E-state index contributed by atoms with van der Waals surface area (Å²) in [4.78, 5) is 10.3. The Labute approximate surface area is 86.8 Å². The van der Waals surface area contributed by atoms with E-state index in [1.165, 1.54) is 24.3 Å². The van der Waals surface area contributed by atoms with Crippen molar-refractivity contribution in [3.63, 3.8) is 0 Å². The van der Waals surface area contributed by atoms with Crippen LogP contribution in [0.4, 0.5) is 4.39 Å². The molecule has 0 amide bonds. The molecule has 0 fully saturated rings. The molecule has 3 nitrogen and oxygen atoms in total. The maximum atomic E-state index is 12.5.